The Morgan fingerprint density at radius 1 is 0.926 bits per heavy atom. The first-order chi connectivity index (χ1) is 31.6. The summed E-state index contributed by atoms with van der Waals surface area (Å²) in [6.07, 6.45) is 8.13. The highest BCUT2D eigenvalue weighted by molar-refractivity contribution is 6.74. The molecule has 2 saturated heterocycles. The molecule has 68 heavy (non-hydrogen) atoms. The van der Waals surface area contributed by atoms with Gasteiger partial charge in [0, 0.05) is 52.0 Å². The number of hydrogen-bond donors (Lipinski definition) is 1. The lowest BCUT2D eigenvalue weighted by Gasteiger charge is -2.47. The molecule has 388 valence electrons. The van der Waals surface area contributed by atoms with Crippen LogP contribution in [0.2, 0.25) is 37.8 Å². The molecule has 0 aromatic carbocycles. The number of allylic oxidation sites excluding steroid dienone is 4. The number of carbonyl (C=O) groups is 4. The molecule has 1 amide bonds. The van der Waals surface area contributed by atoms with Gasteiger partial charge in [0.1, 0.15) is 24.0 Å². The van der Waals surface area contributed by atoms with Gasteiger partial charge in [0.2, 0.25) is 5.79 Å². The second-order valence-electron chi connectivity index (χ2n) is 23.3. The predicted octanol–water partition coefficient (Wildman–Crippen LogP) is 9.53. The number of ketones is 2. The van der Waals surface area contributed by atoms with Crippen molar-refractivity contribution in [3.8, 4) is 0 Å². The largest absolute Gasteiger partial charge is 0.460 e. The SMILES string of the molecule is C=CC[C@@H]1/C=C(\C)C[C@H](C)C[C@H](OC)C2O[C@@](O)(C(=O)C(=O)N3CCCC[C@H]3C(=O)O[C@H]([C@@H](C)[C@H](O[Si](C)(C)C)/C(C)=C/[C@@H]3CC[C@@H](O[Si](C)(C)C(C)(C)C)[C@H](OC)C3)CC1=O)[C@H](C)C[C@@H]2OC. The lowest BCUT2D eigenvalue weighted by atomic mass is 9.81. The van der Waals surface area contributed by atoms with E-state index in [0.717, 1.165) is 30.4 Å². The summed E-state index contributed by atoms with van der Waals surface area (Å²) >= 11 is 0. The number of aliphatic hydroxyl groups is 1. The van der Waals surface area contributed by atoms with Gasteiger partial charge in [0.05, 0.1) is 30.5 Å². The molecule has 1 N–H and O–H groups in total. The molecular weight excluding hydrogens is 899 g/mol. The topological polar surface area (TPSA) is 156 Å². The monoisotopic (exact) mass is 990 g/mol. The van der Waals surface area contributed by atoms with Crippen LogP contribution < -0.4 is 0 Å². The summed E-state index contributed by atoms with van der Waals surface area (Å²) in [5.74, 6) is -7.07. The molecule has 4 rings (SSSR count). The maximum absolute atomic E-state index is 14.8. The molecule has 3 heterocycles. The van der Waals surface area contributed by atoms with Gasteiger partial charge in [-0.2, -0.15) is 0 Å². The Morgan fingerprint density at radius 3 is 2.15 bits per heavy atom. The van der Waals surface area contributed by atoms with E-state index in [-0.39, 0.29) is 60.7 Å². The summed E-state index contributed by atoms with van der Waals surface area (Å²) < 4.78 is 44.7. The van der Waals surface area contributed by atoms with Gasteiger partial charge in [0.25, 0.3) is 11.7 Å². The Hall–Kier alpha value is -2.35. The number of Topliss-reactive ketones (excluding diaryl/α,β-unsaturated/α-hetero) is 2. The average molecular weight is 990 g/mol. The van der Waals surface area contributed by atoms with Crippen LogP contribution in [0, 0.1) is 29.6 Å². The lowest BCUT2D eigenvalue weighted by molar-refractivity contribution is -0.302. The number of cyclic esters (lactones) is 1. The predicted molar refractivity (Wildman–Crippen MR) is 271 cm³/mol. The Morgan fingerprint density at radius 2 is 1.56 bits per heavy atom. The lowest BCUT2D eigenvalue weighted by Crippen LogP contribution is -2.64. The molecule has 1 saturated carbocycles. The zero-order valence-electron chi connectivity index (χ0n) is 44.8. The molecular formula is C53H91NO12Si2. The first kappa shape index (κ1) is 58.2. The molecule has 0 radical (unpaired) electrons. The highest BCUT2D eigenvalue weighted by atomic mass is 28.4. The highest BCUT2D eigenvalue weighted by Crippen LogP contribution is 2.42. The first-order valence-corrected chi connectivity index (χ1v) is 31.8. The standard InChI is InChI=1S/C53H91NO12Si2/c1-18-21-39-27-33(2)26-34(3)28-45(61-11)48-46(62-12)30-36(5)53(59,64-48)49(56)50(57)54-25-20-19-22-40(54)51(58)63-43(32-41(39)55)37(6)47(66-67(13,14)15)35(4)29-38-23-24-42(44(31-38)60-10)65-68(16,17)52(7,8)9/h18,27,29,34,36-40,42-48,59H,1,19-26,28,30-32H2,2-17H3/b33-27+,35-29+/t34-,36+,37+,38-,39+,40-,42+,43-,44+,45-,46-,47+,48?,53+/m0/s1. The van der Waals surface area contributed by atoms with Gasteiger partial charge in [-0.1, -0.05) is 65.3 Å². The summed E-state index contributed by atoms with van der Waals surface area (Å²) in [5.41, 5.74) is 1.99. The zero-order chi connectivity index (χ0) is 51.1. The van der Waals surface area contributed by atoms with Crippen molar-refractivity contribution in [2.24, 2.45) is 29.6 Å². The van der Waals surface area contributed by atoms with Crippen molar-refractivity contribution in [2.45, 2.75) is 218 Å². The second kappa shape index (κ2) is 24.4. The van der Waals surface area contributed by atoms with E-state index in [2.05, 4.69) is 80.0 Å². The minimum atomic E-state index is -2.49. The van der Waals surface area contributed by atoms with E-state index in [9.17, 15) is 24.3 Å². The van der Waals surface area contributed by atoms with Crippen molar-refractivity contribution in [1.29, 1.82) is 0 Å². The molecule has 15 heteroatoms. The number of piperidine rings is 1. The normalized spacial score (nSPS) is 35.5. The van der Waals surface area contributed by atoms with Gasteiger partial charge < -0.3 is 42.5 Å². The Bertz CT molecular complexity index is 1800. The average Bonchev–Trinajstić information content (AvgIpc) is 3.26. The molecule has 0 aromatic rings. The van der Waals surface area contributed by atoms with Gasteiger partial charge in [-0.25, -0.2) is 4.79 Å². The summed E-state index contributed by atoms with van der Waals surface area (Å²) in [6.45, 7) is 31.6. The third-order valence-electron chi connectivity index (χ3n) is 15.6. The molecule has 2 bridgehead atoms. The summed E-state index contributed by atoms with van der Waals surface area (Å²) in [5, 5.41) is 12.2. The molecule has 14 atom stereocenters. The van der Waals surface area contributed by atoms with Crippen molar-refractivity contribution < 1.29 is 56.8 Å². The number of esters is 1. The van der Waals surface area contributed by atoms with Gasteiger partial charge in [-0.15, -0.1) is 6.58 Å². The number of fused-ring (bicyclic) bond motifs is 3. The van der Waals surface area contributed by atoms with Gasteiger partial charge in [0.15, 0.2) is 16.6 Å². The van der Waals surface area contributed by atoms with Crippen LogP contribution in [0.4, 0.5) is 0 Å². The molecule has 1 aliphatic carbocycles. The molecule has 1 unspecified atom stereocenters. The van der Waals surface area contributed by atoms with Crippen LogP contribution in [0.3, 0.4) is 0 Å². The van der Waals surface area contributed by atoms with E-state index in [1.807, 2.05) is 19.9 Å². The van der Waals surface area contributed by atoms with Crippen LogP contribution in [0.25, 0.3) is 0 Å². The van der Waals surface area contributed by atoms with Crippen molar-refractivity contribution in [3.63, 3.8) is 0 Å². The Balaban J connectivity index is 1.78. The maximum atomic E-state index is 14.8. The fraction of sp³-hybridized carbons (Fsp3) is 0.811. The van der Waals surface area contributed by atoms with Crippen molar-refractivity contribution in [1.82, 2.24) is 4.90 Å². The van der Waals surface area contributed by atoms with Gasteiger partial charge in [-0.3, -0.25) is 14.4 Å². The second-order valence-corrected chi connectivity index (χ2v) is 32.5. The summed E-state index contributed by atoms with van der Waals surface area (Å²) in [6, 6.07) is -1.13. The fourth-order valence-corrected chi connectivity index (χ4v) is 13.2. The van der Waals surface area contributed by atoms with Crippen LogP contribution in [-0.4, -0.2) is 133 Å². The highest BCUT2D eigenvalue weighted by Gasteiger charge is 2.57. The van der Waals surface area contributed by atoms with Gasteiger partial charge in [-0.05, 0) is 133 Å². The molecule has 4 aliphatic rings. The number of ether oxygens (including phenoxy) is 5. The van der Waals surface area contributed by atoms with Crippen LogP contribution in [0.5, 0.6) is 0 Å². The van der Waals surface area contributed by atoms with Crippen LogP contribution in [-0.2, 0) is 51.7 Å². The van der Waals surface area contributed by atoms with E-state index in [0.29, 0.717) is 32.1 Å². The molecule has 3 aliphatic heterocycles. The number of nitrogens with zero attached hydrogens (tertiary/aromatic N) is 1. The number of carbonyl (C=O) groups excluding carboxylic acids is 4. The van der Waals surface area contributed by atoms with E-state index in [1.165, 1.54) is 4.90 Å². The zero-order valence-corrected chi connectivity index (χ0v) is 46.8. The van der Waals surface area contributed by atoms with Crippen molar-refractivity contribution in [3.05, 3.63) is 36.0 Å². The maximum Gasteiger partial charge on any atom is 0.329 e. The third kappa shape index (κ3) is 14.6. The fourth-order valence-electron chi connectivity index (χ4n) is 10.6. The van der Waals surface area contributed by atoms with Crippen LogP contribution in [0.15, 0.2) is 36.0 Å². The quantitative estimate of drug-likeness (QED) is 0.0809. The smallest absolute Gasteiger partial charge is 0.329 e. The molecule has 0 aromatic heterocycles. The Labute approximate surface area is 412 Å². The van der Waals surface area contributed by atoms with E-state index in [4.69, 9.17) is 32.5 Å². The first-order valence-electron chi connectivity index (χ1n) is 25.5. The van der Waals surface area contributed by atoms with E-state index >= 15 is 0 Å². The van der Waals surface area contributed by atoms with E-state index < -0.39 is 94.4 Å². The van der Waals surface area contributed by atoms with Crippen LogP contribution in [0.1, 0.15) is 126 Å². The van der Waals surface area contributed by atoms with Crippen LogP contribution >= 0.6 is 0 Å². The molecule has 0 spiro atoms. The minimum Gasteiger partial charge on any atom is -0.460 e. The Kier molecular flexibility index (Phi) is 20.9. The minimum absolute atomic E-state index is 0.00975. The summed E-state index contributed by atoms with van der Waals surface area (Å²) in [4.78, 5) is 59.6. The third-order valence-corrected chi connectivity index (χ3v) is 21.0. The molecule has 3 fully saturated rings. The van der Waals surface area contributed by atoms with Gasteiger partial charge >= 0.3 is 5.97 Å². The van der Waals surface area contributed by atoms with Crippen molar-refractivity contribution >= 4 is 40.1 Å². The summed E-state index contributed by atoms with van der Waals surface area (Å²) in [7, 11) is 0.561. The van der Waals surface area contributed by atoms with E-state index in [1.54, 1.807) is 34.3 Å². The number of rotatable bonds is 13. The number of amides is 1. The number of hydrogen-bond acceptors (Lipinski definition) is 12. The molecule has 13 nitrogen and oxygen atoms in total. The van der Waals surface area contributed by atoms with Crippen molar-refractivity contribution in [2.75, 3.05) is 27.9 Å². The number of methoxy groups -OCH3 is 3.